The van der Waals surface area contributed by atoms with Crippen molar-refractivity contribution >= 4 is 5.84 Å². The number of fused-ring (bicyclic) bond motifs is 2. The fraction of sp³-hybridized carbons (Fsp3) is 0.450. The van der Waals surface area contributed by atoms with Crippen LogP contribution in [0.25, 0.3) is 0 Å². The van der Waals surface area contributed by atoms with Gasteiger partial charge in [0, 0.05) is 31.8 Å². The number of quaternary nitrogens is 1. The van der Waals surface area contributed by atoms with Gasteiger partial charge >= 0.3 is 5.91 Å². The maximum Gasteiger partial charge on any atom is 0.346 e. The van der Waals surface area contributed by atoms with Crippen molar-refractivity contribution in [1.82, 2.24) is 0 Å². The average Bonchev–Trinajstić information content (AvgIpc) is 3.27. The smallest absolute Gasteiger partial charge is 0.316 e. The predicted octanol–water partition coefficient (Wildman–Crippen LogP) is -0.839. The summed E-state index contributed by atoms with van der Waals surface area (Å²) in [6.07, 6.45) is 2.51. The zero-order valence-corrected chi connectivity index (χ0v) is 15.5. The summed E-state index contributed by atoms with van der Waals surface area (Å²) >= 11 is 0. The van der Waals surface area contributed by atoms with Gasteiger partial charge in [-0.2, -0.15) is 10.5 Å². The van der Waals surface area contributed by atoms with Gasteiger partial charge in [0.05, 0.1) is 12.1 Å². The topological polar surface area (TPSA) is 123 Å². The van der Waals surface area contributed by atoms with Gasteiger partial charge < -0.3 is 14.8 Å². The van der Waals surface area contributed by atoms with Crippen molar-refractivity contribution in [1.29, 1.82) is 10.5 Å². The lowest BCUT2D eigenvalue weighted by atomic mass is 9.53. The van der Waals surface area contributed by atoms with Crippen LogP contribution in [0, 0.1) is 33.5 Å². The summed E-state index contributed by atoms with van der Waals surface area (Å²) in [6.45, 7) is 0. The highest BCUT2D eigenvalue weighted by atomic mass is 16.7. The Kier molecular flexibility index (Phi) is 3.87. The first-order chi connectivity index (χ1) is 13.1. The molecule has 5 N–H and O–H groups in total. The van der Waals surface area contributed by atoms with Gasteiger partial charge in [-0.25, -0.2) is 4.99 Å². The molecule has 0 saturated heterocycles. The fourth-order valence-electron chi connectivity index (χ4n) is 5.32. The van der Waals surface area contributed by atoms with E-state index in [1.54, 1.807) is 0 Å². The Hall–Kier alpha value is -2.71. The molecule has 7 nitrogen and oxygen atoms in total. The number of nitriles is 2. The van der Waals surface area contributed by atoms with E-state index >= 15 is 0 Å². The van der Waals surface area contributed by atoms with Crippen molar-refractivity contribution in [3.63, 3.8) is 0 Å². The molecule has 0 amide bonds. The Balaban J connectivity index is 2.10. The molecule has 1 aromatic carbocycles. The van der Waals surface area contributed by atoms with Crippen molar-refractivity contribution in [2.75, 3.05) is 14.2 Å². The first kappa shape index (κ1) is 17.7. The number of nitrogens with one attached hydrogen (secondary N) is 1. The molecule has 0 radical (unpaired) electrons. The summed E-state index contributed by atoms with van der Waals surface area (Å²) in [4.78, 5) is 3.06. The van der Waals surface area contributed by atoms with Crippen LogP contribution in [-0.2, 0) is 9.47 Å². The number of benzene rings is 1. The number of ether oxygens (including phenoxy) is 2. The summed E-state index contributed by atoms with van der Waals surface area (Å²) in [5, 5.41) is 23.2. The standard InChI is InChI=1S/C20H21N5O2/c1-26-20(27-2)19(12-22)14-9-6-10-15(14)24-16(13-7-4-3-5-8-13)18(19,11-21)17(23)25-20/h3-5,7-8,16,24H,6,9-10H2,1-2H3,(H2,23,25)/p+2/t16-,18-,19-/m1/s1. The number of allylic oxidation sites excluding steroid dienone is 1. The largest absolute Gasteiger partial charge is 0.346 e. The maximum atomic E-state index is 10.6. The Morgan fingerprint density at radius 2 is 1.85 bits per heavy atom. The zero-order valence-electron chi connectivity index (χ0n) is 15.5. The van der Waals surface area contributed by atoms with Crippen LogP contribution in [0.4, 0.5) is 0 Å². The molecule has 4 rings (SSSR count). The Morgan fingerprint density at radius 1 is 1.15 bits per heavy atom. The molecule has 0 spiro atoms. The van der Waals surface area contributed by atoms with E-state index in [0.717, 1.165) is 29.7 Å². The molecular weight excluding hydrogens is 342 g/mol. The van der Waals surface area contributed by atoms with Gasteiger partial charge in [-0.3, -0.25) is 5.73 Å². The molecule has 0 unspecified atom stereocenters. The highest BCUT2D eigenvalue weighted by molar-refractivity contribution is 5.90. The lowest BCUT2D eigenvalue weighted by Gasteiger charge is -2.46. The van der Waals surface area contributed by atoms with Crippen LogP contribution < -0.4 is 16.0 Å². The molecule has 7 heteroatoms. The van der Waals surface area contributed by atoms with E-state index in [4.69, 9.17) is 15.2 Å². The summed E-state index contributed by atoms with van der Waals surface area (Å²) < 4.78 is 11.5. The van der Waals surface area contributed by atoms with Gasteiger partial charge in [-0.15, -0.1) is 0 Å². The summed E-state index contributed by atoms with van der Waals surface area (Å²) in [7, 11) is 2.95. The monoisotopic (exact) mass is 365 g/mol. The fourth-order valence-corrected chi connectivity index (χ4v) is 5.32. The number of hydrogen-bond donors (Lipinski definition) is 3. The highest BCUT2D eigenvalue weighted by Crippen LogP contribution is 2.61. The van der Waals surface area contributed by atoms with E-state index in [1.165, 1.54) is 14.2 Å². The van der Waals surface area contributed by atoms with Crippen molar-refractivity contribution in [3.05, 3.63) is 47.2 Å². The third kappa shape index (κ3) is 1.81. The van der Waals surface area contributed by atoms with Gasteiger partial charge in [0.25, 0.3) is 5.84 Å². The molecule has 3 aliphatic rings. The normalized spacial score (nSPS) is 33.6. The maximum absolute atomic E-state index is 10.6. The third-order valence-corrected chi connectivity index (χ3v) is 6.43. The van der Waals surface area contributed by atoms with E-state index in [-0.39, 0.29) is 11.9 Å². The van der Waals surface area contributed by atoms with Crippen LogP contribution in [0.5, 0.6) is 0 Å². The zero-order chi connectivity index (χ0) is 19.3. The van der Waals surface area contributed by atoms with E-state index in [9.17, 15) is 10.5 Å². The Morgan fingerprint density at radius 3 is 2.44 bits per heavy atom. The van der Waals surface area contributed by atoms with Crippen LogP contribution >= 0.6 is 0 Å². The van der Waals surface area contributed by atoms with Gasteiger partial charge in [-0.05, 0) is 12.8 Å². The SMILES string of the molecule is COC1(OC)[NH+]=C(N)[C@@]2(C#N)[C@@H](c3ccccc3)[NH2+]C3=C(CCC3)[C@@]12C#N. The number of rotatable bonds is 3. The Labute approximate surface area is 158 Å². The minimum absolute atomic E-state index is 0.207. The second-order valence-electron chi connectivity index (χ2n) is 7.26. The number of amidine groups is 1. The van der Waals surface area contributed by atoms with Gasteiger partial charge in [0.1, 0.15) is 11.7 Å². The van der Waals surface area contributed by atoms with Crippen LogP contribution in [0.15, 0.2) is 41.6 Å². The van der Waals surface area contributed by atoms with Gasteiger partial charge in [0.2, 0.25) is 10.8 Å². The van der Waals surface area contributed by atoms with Gasteiger partial charge in [0.15, 0.2) is 0 Å². The molecule has 0 saturated carbocycles. The van der Waals surface area contributed by atoms with Crippen molar-refractivity contribution in [3.8, 4) is 12.1 Å². The molecule has 0 fully saturated rings. The molecule has 2 aliphatic heterocycles. The molecule has 1 aromatic rings. The quantitative estimate of drug-likeness (QED) is 0.603. The number of hydrogen-bond acceptors (Lipinski definition) is 5. The number of nitrogens with two attached hydrogens (primary N) is 2. The van der Waals surface area contributed by atoms with E-state index in [1.807, 2.05) is 30.3 Å². The first-order valence-corrected chi connectivity index (χ1v) is 9.03. The minimum atomic E-state index is -1.52. The Bertz CT molecular complexity index is 922. The molecule has 2 heterocycles. The third-order valence-electron chi connectivity index (χ3n) is 6.43. The molecule has 3 atom stereocenters. The van der Waals surface area contributed by atoms with Crippen LogP contribution in [0.2, 0.25) is 0 Å². The number of methoxy groups -OCH3 is 2. The van der Waals surface area contributed by atoms with Crippen LogP contribution in [-0.4, -0.2) is 26.0 Å². The predicted molar refractivity (Wildman–Crippen MR) is 95.0 cm³/mol. The molecule has 0 bridgehead atoms. The molecule has 1 aliphatic carbocycles. The number of nitrogens with zero attached hydrogens (tertiary/aromatic N) is 2. The van der Waals surface area contributed by atoms with Crippen molar-refractivity contribution in [2.24, 2.45) is 16.6 Å². The van der Waals surface area contributed by atoms with E-state index < -0.39 is 16.7 Å². The first-order valence-electron chi connectivity index (χ1n) is 9.03. The second-order valence-corrected chi connectivity index (χ2v) is 7.26. The average molecular weight is 365 g/mol. The van der Waals surface area contributed by atoms with Crippen LogP contribution in [0.1, 0.15) is 30.9 Å². The molecule has 138 valence electrons. The van der Waals surface area contributed by atoms with Crippen LogP contribution in [0.3, 0.4) is 0 Å². The van der Waals surface area contributed by atoms with E-state index in [2.05, 4.69) is 22.4 Å². The summed E-state index contributed by atoms with van der Waals surface area (Å²) in [5.41, 5.74) is 6.66. The van der Waals surface area contributed by atoms with E-state index in [0.29, 0.717) is 6.42 Å². The molecular formula is C20H23N5O2+2. The van der Waals surface area contributed by atoms with Gasteiger partial charge in [-0.1, -0.05) is 30.3 Å². The lowest BCUT2D eigenvalue weighted by Crippen LogP contribution is -2.92. The molecule has 0 aromatic heterocycles. The lowest BCUT2D eigenvalue weighted by molar-refractivity contribution is -0.699. The molecule has 27 heavy (non-hydrogen) atoms. The second kappa shape index (κ2) is 5.90. The minimum Gasteiger partial charge on any atom is -0.316 e. The van der Waals surface area contributed by atoms with Crippen molar-refractivity contribution < 1.29 is 19.8 Å². The summed E-state index contributed by atoms with van der Waals surface area (Å²) in [6, 6.07) is 14.2. The van der Waals surface area contributed by atoms with Crippen molar-refractivity contribution in [2.45, 2.75) is 31.2 Å². The highest BCUT2D eigenvalue weighted by Gasteiger charge is 2.84. The summed E-state index contributed by atoms with van der Waals surface area (Å²) in [5.74, 6) is -1.31.